The number of hydrogen-bond acceptors (Lipinski definition) is 3. The zero-order chi connectivity index (χ0) is 15.0. The lowest BCUT2D eigenvalue weighted by Gasteiger charge is -2.34. The molecule has 1 fully saturated rings. The molecule has 2 rings (SSSR count). The summed E-state index contributed by atoms with van der Waals surface area (Å²) < 4.78 is 38.4. The first kappa shape index (κ1) is 14.8. The first-order valence-corrected chi connectivity index (χ1v) is 6.24. The number of aliphatic carboxylic acids is 1. The zero-order valence-electron chi connectivity index (χ0n) is 10.6. The molecule has 1 aliphatic rings. The molecule has 112 valence electrons. The third-order valence-electron chi connectivity index (χ3n) is 3.68. The van der Waals surface area contributed by atoms with Gasteiger partial charge in [0, 0.05) is 6.20 Å². The van der Waals surface area contributed by atoms with Crippen molar-refractivity contribution in [2.45, 2.75) is 44.0 Å². The zero-order valence-corrected chi connectivity index (χ0v) is 10.6. The van der Waals surface area contributed by atoms with E-state index in [-0.39, 0.29) is 19.4 Å². The normalized spacial score (nSPS) is 27.5. The van der Waals surface area contributed by atoms with E-state index in [2.05, 4.69) is 5.10 Å². The van der Waals surface area contributed by atoms with Crippen molar-refractivity contribution in [3.8, 4) is 0 Å². The van der Waals surface area contributed by atoms with Crippen LogP contribution in [0, 0.1) is 5.92 Å². The summed E-state index contributed by atoms with van der Waals surface area (Å²) in [4.78, 5) is 10.8. The Bertz CT molecular complexity index is 490. The van der Waals surface area contributed by atoms with Gasteiger partial charge in [-0.25, -0.2) is 0 Å². The molecule has 0 atom stereocenters. The second-order valence-corrected chi connectivity index (χ2v) is 5.26. The molecule has 0 unspecified atom stereocenters. The molecule has 0 spiro atoms. The molecule has 20 heavy (non-hydrogen) atoms. The Kier molecular flexibility index (Phi) is 3.77. The Morgan fingerprint density at radius 1 is 1.45 bits per heavy atom. The first-order chi connectivity index (χ1) is 9.20. The number of aliphatic hydroxyl groups is 1. The lowest BCUT2D eigenvalue weighted by molar-refractivity contribution is -0.145. The van der Waals surface area contributed by atoms with E-state index in [1.165, 1.54) is 0 Å². The van der Waals surface area contributed by atoms with Gasteiger partial charge in [0.25, 0.3) is 0 Å². The van der Waals surface area contributed by atoms with E-state index in [0.29, 0.717) is 19.0 Å². The molecule has 1 aromatic rings. The number of carboxylic acid groups (broad SMARTS) is 1. The van der Waals surface area contributed by atoms with E-state index in [1.807, 2.05) is 0 Å². The van der Waals surface area contributed by atoms with Crippen molar-refractivity contribution >= 4 is 5.97 Å². The topological polar surface area (TPSA) is 75.3 Å². The standard InChI is InChI=1S/C12H15F3N2O3/c13-12(14,15)9-5-16-17(6-9)7-11(20)3-1-8(2-4-11)10(18)19/h5-6,8,20H,1-4,7H2,(H,18,19). The van der Waals surface area contributed by atoms with Crippen molar-refractivity contribution in [2.24, 2.45) is 5.92 Å². The van der Waals surface area contributed by atoms with Crippen LogP contribution >= 0.6 is 0 Å². The van der Waals surface area contributed by atoms with Gasteiger partial charge in [0.1, 0.15) is 0 Å². The summed E-state index contributed by atoms with van der Waals surface area (Å²) in [6, 6.07) is 0. The van der Waals surface area contributed by atoms with Crippen LogP contribution < -0.4 is 0 Å². The quantitative estimate of drug-likeness (QED) is 0.892. The van der Waals surface area contributed by atoms with Crippen LogP contribution in [0.25, 0.3) is 0 Å². The number of alkyl halides is 3. The summed E-state index contributed by atoms with van der Waals surface area (Å²) in [5.41, 5.74) is -2.05. The lowest BCUT2D eigenvalue weighted by atomic mass is 9.79. The van der Waals surface area contributed by atoms with Crippen LogP contribution in [0.5, 0.6) is 0 Å². The maximum absolute atomic E-state index is 12.4. The summed E-state index contributed by atoms with van der Waals surface area (Å²) in [5.74, 6) is -1.39. The maximum Gasteiger partial charge on any atom is 0.419 e. The molecule has 1 heterocycles. The predicted molar refractivity (Wildman–Crippen MR) is 61.8 cm³/mol. The largest absolute Gasteiger partial charge is 0.481 e. The van der Waals surface area contributed by atoms with Crippen LogP contribution in [0.15, 0.2) is 12.4 Å². The van der Waals surface area contributed by atoms with Crippen LogP contribution in [-0.4, -0.2) is 31.6 Å². The minimum absolute atomic E-state index is 0.0601. The Morgan fingerprint density at radius 3 is 2.50 bits per heavy atom. The molecule has 8 heteroatoms. The number of carboxylic acids is 1. The second kappa shape index (κ2) is 5.08. The average Bonchev–Trinajstić information content (AvgIpc) is 2.77. The fourth-order valence-electron chi connectivity index (χ4n) is 2.46. The van der Waals surface area contributed by atoms with Gasteiger partial charge < -0.3 is 10.2 Å². The van der Waals surface area contributed by atoms with E-state index < -0.39 is 29.2 Å². The van der Waals surface area contributed by atoms with Gasteiger partial charge in [-0.1, -0.05) is 0 Å². The van der Waals surface area contributed by atoms with Crippen molar-refractivity contribution in [3.05, 3.63) is 18.0 Å². The van der Waals surface area contributed by atoms with Gasteiger partial charge in [-0.3, -0.25) is 9.48 Å². The SMILES string of the molecule is O=C(O)C1CCC(O)(Cn2cc(C(F)(F)F)cn2)CC1. The number of hydrogen-bond donors (Lipinski definition) is 2. The summed E-state index contributed by atoms with van der Waals surface area (Å²) in [7, 11) is 0. The maximum atomic E-state index is 12.4. The molecular weight excluding hydrogens is 277 g/mol. The van der Waals surface area contributed by atoms with E-state index in [4.69, 9.17) is 5.11 Å². The highest BCUT2D eigenvalue weighted by atomic mass is 19.4. The van der Waals surface area contributed by atoms with Crippen LogP contribution in [0.3, 0.4) is 0 Å². The minimum atomic E-state index is -4.46. The van der Waals surface area contributed by atoms with Gasteiger partial charge >= 0.3 is 12.1 Å². The monoisotopic (exact) mass is 292 g/mol. The third kappa shape index (κ3) is 3.30. The molecule has 0 radical (unpaired) electrons. The van der Waals surface area contributed by atoms with E-state index in [1.54, 1.807) is 0 Å². The third-order valence-corrected chi connectivity index (χ3v) is 3.68. The fraction of sp³-hybridized carbons (Fsp3) is 0.667. The average molecular weight is 292 g/mol. The number of rotatable bonds is 3. The van der Waals surface area contributed by atoms with Gasteiger partial charge in [-0.15, -0.1) is 0 Å². The molecule has 5 nitrogen and oxygen atoms in total. The smallest absolute Gasteiger partial charge is 0.419 e. The Balaban J connectivity index is 2.00. The van der Waals surface area contributed by atoms with Crippen molar-refractivity contribution < 1.29 is 28.2 Å². The molecule has 2 N–H and O–H groups in total. The minimum Gasteiger partial charge on any atom is -0.481 e. The molecule has 0 aliphatic heterocycles. The molecule has 0 bridgehead atoms. The Hall–Kier alpha value is -1.57. The van der Waals surface area contributed by atoms with E-state index >= 15 is 0 Å². The molecule has 0 aromatic carbocycles. The number of nitrogens with zero attached hydrogens (tertiary/aromatic N) is 2. The number of halogens is 3. The van der Waals surface area contributed by atoms with Crippen molar-refractivity contribution in [3.63, 3.8) is 0 Å². The van der Waals surface area contributed by atoms with Crippen LogP contribution in [0.4, 0.5) is 13.2 Å². The second-order valence-electron chi connectivity index (χ2n) is 5.26. The fourth-order valence-corrected chi connectivity index (χ4v) is 2.46. The number of carbonyl (C=O) groups is 1. The molecule has 1 saturated carbocycles. The van der Waals surface area contributed by atoms with Crippen LogP contribution in [0.2, 0.25) is 0 Å². The van der Waals surface area contributed by atoms with Crippen LogP contribution in [-0.2, 0) is 17.5 Å². The molecule has 1 aliphatic carbocycles. The molecule has 0 saturated heterocycles. The summed E-state index contributed by atoms with van der Waals surface area (Å²) in [5, 5.41) is 22.8. The van der Waals surface area contributed by atoms with Gasteiger partial charge in [0.05, 0.1) is 29.8 Å². The van der Waals surface area contributed by atoms with Crippen molar-refractivity contribution in [2.75, 3.05) is 0 Å². The summed E-state index contributed by atoms with van der Waals surface area (Å²) in [6.45, 7) is -0.0601. The lowest BCUT2D eigenvalue weighted by Crippen LogP contribution is -2.39. The van der Waals surface area contributed by atoms with E-state index in [0.717, 1.165) is 10.9 Å². The van der Waals surface area contributed by atoms with Gasteiger partial charge in [-0.2, -0.15) is 18.3 Å². The molecule has 0 amide bonds. The van der Waals surface area contributed by atoms with Gasteiger partial charge in [-0.05, 0) is 25.7 Å². The highest BCUT2D eigenvalue weighted by Gasteiger charge is 2.37. The summed E-state index contributed by atoms with van der Waals surface area (Å²) in [6.07, 6.45) is -1.77. The summed E-state index contributed by atoms with van der Waals surface area (Å²) >= 11 is 0. The predicted octanol–water partition coefficient (Wildman–Crippen LogP) is 1.91. The van der Waals surface area contributed by atoms with E-state index in [9.17, 15) is 23.1 Å². The highest BCUT2D eigenvalue weighted by molar-refractivity contribution is 5.70. The molecule has 1 aromatic heterocycles. The molecular formula is C12H15F3N2O3. The van der Waals surface area contributed by atoms with Crippen molar-refractivity contribution in [1.82, 2.24) is 9.78 Å². The highest BCUT2D eigenvalue weighted by Crippen LogP contribution is 2.34. The number of aromatic nitrogens is 2. The van der Waals surface area contributed by atoms with Crippen LogP contribution in [0.1, 0.15) is 31.2 Å². The Labute approximate surface area is 113 Å². The Morgan fingerprint density at radius 2 is 2.05 bits per heavy atom. The first-order valence-electron chi connectivity index (χ1n) is 6.24. The van der Waals surface area contributed by atoms with Gasteiger partial charge in [0.15, 0.2) is 0 Å². The van der Waals surface area contributed by atoms with Crippen molar-refractivity contribution in [1.29, 1.82) is 0 Å². The van der Waals surface area contributed by atoms with Gasteiger partial charge in [0.2, 0.25) is 0 Å².